The summed E-state index contributed by atoms with van der Waals surface area (Å²) in [5, 5.41) is 11.8. The molecule has 0 unspecified atom stereocenters. The highest BCUT2D eigenvalue weighted by Crippen LogP contribution is 2.16. The van der Waals surface area contributed by atoms with Gasteiger partial charge in [0.05, 0.1) is 19.8 Å². The van der Waals surface area contributed by atoms with Gasteiger partial charge in [-0.05, 0) is 16.5 Å². The van der Waals surface area contributed by atoms with Crippen LogP contribution in [-0.2, 0) is 22.6 Å². The minimum atomic E-state index is 0.0185. The summed E-state index contributed by atoms with van der Waals surface area (Å²) in [5.41, 5.74) is 0. The Morgan fingerprint density at radius 2 is 1.89 bits per heavy atom. The molecule has 2 fully saturated rings. The molecule has 0 aliphatic carbocycles. The van der Waals surface area contributed by atoms with Gasteiger partial charge in [-0.25, -0.2) is 14.6 Å². The monoisotopic (exact) mass is 388 g/mol. The van der Waals surface area contributed by atoms with Crippen LogP contribution in [0.15, 0.2) is 18.5 Å². The van der Waals surface area contributed by atoms with Crippen LogP contribution in [-0.4, -0.2) is 91.4 Å². The number of piperidine rings is 1. The Balaban J connectivity index is 1.26. The second-order valence-electron chi connectivity index (χ2n) is 6.87. The van der Waals surface area contributed by atoms with Crippen molar-refractivity contribution < 1.29 is 14.3 Å². The maximum Gasteiger partial charge on any atom is 0.316 e. The lowest BCUT2D eigenvalue weighted by Gasteiger charge is -2.31. The van der Waals surface area contributed by atoms with E-state index in [1.807, 2.05) is 4.90 Å². The van der Waals surface area contributed by atoms with E-state index < -0.39 is 0 Å². The zero-order valence-electron chi connectivity index (χ0n) is 15.7. The fourth-order valence-electron chi connectivity index (χ4n) is 3.37. The van der Waals surface area contributed by atoms with Crippen molar-refractivity contribution >= 4 is 5.91 Å². The van der Waals surface area contributed by atoms with E-state index in [1.165, 1.54) is 0 Å². The fraction of sp³-hybridized carbons (Fsp3) is 0.647. The maximum absolute atomic E-state index is 12.7. The SMILES string of the molecule is O=C(Cn1nnnc1CN1CCOCC1)N1CCC(Oc2ncccn2)CC1. The highest BCUT2D eigenvalue weighted by molar-refractivity contribution is 5.76. The summed E-state index contributed by atoms with van der Waals surface area (Å²) in [6.07, 6.45) is 4.83. The van der Waals surface area contributed by atoms with Crippen LogP contribution >= 0.6 is 0 Å². The number of nitrogens with zero attached hydrogens (tertiary/aromatic N) is 8. The van der Waals surface area contributed by atoms with Crippen molar-refractivity contribution in [1.29, 1.82) is 0 Å². The summed E-state index contributed by atoms with van der Waals surface area (Å²) in [7, 11) is 0. The Hall–Kier alpha value is -2.66. The Morgan fingerprint density at radius 3 is 2.64 bits per heavy atom. The fourth-order valence-corrected chi connectivity index (χ4v) is 3.37. The van der Waals surface area contributed by atoms with Crippen LogP contribution in [0, 0.1) is 0 Å². The van der Waals surface area contributed by atoms with E-state index >= 15 is 0 Å². The molecule has 2 aromatic rings. The molecule has 0 saturated carbocycles. The van der Waals surface area contributed by atoms with Crippen molar-refractivity contribution in [2.75, 3.05) is 39.4 Å². The Bertz CT molecular complexity index is 757. The molecule has 2 aliphatic rings. The number of hydrogen-bond donors (Lipinski definition) is 0. The molecular weight excluding hydrogens is 364 g/mol. The van der Waals surface area contributed by atoms with Gasteiger partial charge in [0.1, 0.15) is 12.6 Å². The summed E-state index contributed by atoms with van der Waals surface area (Å²) in [6.45, 7) is 5.17. The van der Waals surface area contributed by atoms with Gasteiger partial charge in [0.15, 0.2) is 5.82 Å². The van der Waals surface area contributed by atoms with E-state index in [4.69, 9.17) is 9.47 Å². The van der Waals surface area contributed by atoms with Gasteiger partial charge >= 0.3 is 6.01 Å². The molecule has 2 saturated heterocycles. The van der Waals surface area contributed by atoms with Crippen LogP contribution in [0.3, 0.4) is 0 Å². The van der Waals surface area contributed by atoms with E-state index in [0.717, 1.165) is 25.9 Å². The molecule has 150 valence electrons. The summed E-state index contributed by atoms with van der Waals surface area (Å²) < 4.78 is 12.7. The van der Waals surface area contributed by atoms with Gasteiger partial charge < -0.3 is 14.4 Å². The van der Waals surface area contributed by atoms with Crippen LogP contribution in [0.1, 0.15) is 18.7 Å². The number of amides is 1. The third-order valence-electron chi connectivity index (χ3n) is 4.97. The average Bonchev–Trinajstić information content (AvgIpc) is 3.16. The lowest BCUT2D eigenvalue weighted by molar-refractivity contribution is -0.134. The minimum Gasteiger partial charge on any atom is -0.460 e. The molecule has 11 nitrogen and oxygen atoms in total. The van der Waals surface area contributed by atoms with Crippen LogP contribution in [0.25, 0.3) is 0 Å². The van der Waals surface area contributed by atoms with Crippen LogP contribution in [0.2, 0.25) is 0 Å². The number of carbonyl (C=O) groups excluding carboxylic acids is 1. The van der Waals surface area contributed by atoms with Crippen molar-refractivity contribution in [2.45, 2.75) is 32.0 Å². The number of carbonyl (C=O) groups is 1. The molecule has 0 atom stereocenters. The third kappa shape index (κ3) is 4.78. The molecule has 4 heterocycles. The quantitative estimate of drug-likeness (QED) is 0.638. The molecule has 0 N–H and O–H groups in total. The number of ether oxygens (including phenoxy) is 2. The third-order valence-corrected chi connectivity index (χ3v) is 4.97. The lowest BCUT2D eigenvalue weighted by Crippen LogP contribution is -2.43. The molecule has 11 heteroatoms. The van der Waals surface area contributed by atoms with Gasteiger partial charge in [0.25, 0.3) is 0 Å². The predicted molar refractivity (Wildman–Crippen MR) is 96.2 cm³/mol. The first-order valence-corrected chi connectivity index (χ1v) is 9.54. The Labute approximate surface area is 162 Å². The molecule has 2 aromatic heterocycles. The first kappa shape index (κ1) is 18.7. The highest BCUT2D eigenvalue weighted by Gasteiger charge is 2.25. The first-order valence-electron chi connectivity index (χ1n) is 9.54. The molecular formula is C17H24N8O3. The van der Waals surface area contributed by atoms with E-state index in [9.17, 15) is 4.79 Å². The van der Waals surface area contributed by atoms with Crippen molar-refractivity contribution in [2.24, 2.45) is 0 Å². The number of aromatic nitrogens is 6. The highest BCUT2D eigenvalue weighted by atomic mass is 16.5. The van der Waals surface area contributed by atoms with Gasteiger partial charge in [-0.2, -0.15) is 0 Å². The first-order chi connectivity index (χ1) is 13.8. The zero-order chi connectivity index (χ0) is 19.2. The number of likely N-dealkylation sites (tertiary alicyclic amines) is 1. The Kier molecular flexibility index (Phi) is 6.02. The van der Waals surface area contributed by atoms with Gasteiger partial charge in [-0.3, -0.25) is 9.69 Å². The summed E-state index contributed by atoms with van der Waals surface area (Å²) in [5.74, 6) is 0.722. The molecule has 2 aliphatic heterocycles. The van der Waals surface area contributed by atoms with Gasteiger partial charge in [0, 0.05) is 51.4 Å². The standard InChI is InChI=1S/C17H24N8O3/c26-16(13-25-15(20-21-22-25)12-23-8-10-27-11-9-23)24-6-2-14(3-7-24)28-17-18-4-1-5-19-17/h1,4-5,14H,2-3,6-13H2. The van der Waals surface area contributed by atoms with E-state index in [-0.39, 0.29) is 18.6 Å². The van der Waals surface area contributed by atoms with Crippen molar-refractivity contribution in [3.05, 3.63) is 24.3 Å². The number of tetrazole rings is 1. The summed E-state index contributed by atoms with van der Waals surface area (Å²) >= 11 is 0. The molecule has 0 aromatic carbocycles. The average molecular weight is 388 g/mol. The van der Waals surface area contributed by atoms with E-state index in [1.54, 1.807) is 23.1 Å². The molecule has 4 rings (SSSR count). The number of morpholine rings is 1. The molecule has 0 spiro atoms. The van der Waals surface area contributed by atoms with Crippen LogP contribution < -0.4 is 4.74 Å². The number of hydrogen-bond acceptors (Lipinski definition) is 9. The molecule has 28 heavy (non-hydrogen) atoms. The largest absolute Gasteiger partial charge is 0.460 e. The lowest BCUT2D eigenvalue weighted by atomic mass is 10.1. The zero-order valence-corrected chi connectivity index (χ0v) is 15.7. The van der Waals surface area contributed by atoms with Crippen LogP contribution in [0.5, 0.6) is 6.01 Å². The molecule has 1 amide bonds. The molecule has 0 radical (unpaired) electrons. The maximum atomic E-state index is 12.7. The van der Waals surface area contributed by atoms with Gasteiger partial charge in [-0.15, -0.1) is 5.10 Å². The van der Waals surface area contributed by atoms with Gasteiger partial charge in [0.2, 0.25) is 5.91 Å². The van der Waals surface area contributed by atoms with E-state index in [2.05, 4.69) is 30.4 Å². The Morgan fingerprint density at radius 1 is 1.14 bits per heavy atom. The van der Waals surface area contributed by atoms with Crippen molar-refractivity contribution in [3.63, 3.8) is 0 Å². The minimum absolute atomic E-state index is 0.0185. The van der Waals surface area contributed by atoms with Gasteiger partial charge in [-0.1, -0.05) is 0 Å². The predicted octanol–water partition coefficient (Wildman–Crippen LogP) is -0.635. The number of rotatable bonds is 6. The molecule has 0 bridgehead atoms. The normalized spacial score (nSPS) is 18.9. The van der Waals surface area contributed by atoms with Crippen molar-refractivity contribution in [3.8, 4) is 6.01 Å². The van der Waals surface area contributed by atoms with Crippen molar-refractivity contribution in [1.82, 2.24) is 40.0 Å². The second-order valence-corrected chi connectivity index (χ2v) is 6.87. The van der Waals surface area contributed by atoms with E-state index in [0.29, 0.717) is 44.7 Å². The summed E-state index contributed by atoms with van der Waals surface area (Å²) in [6, 6.07) is 2.13. The topological polar surface area (TPSA) is 111 Å². The second kappa shape index (κ2) is 9.02. The van der Waals surface area contributed by atoms with Crippen LogP contribution in [0.4, 0.5) is 0 Å². The summed E-state index contributed by atoms with van der Waals surface area (Å²) in [4.78, 5) is 24.9. The smallest absolute Gasteiger partial charge is 0.316 e.